The van der Waals surface area contributed by atoms with E-state index in [9.17, 15) is 0 Å². The Balaban J connectivity index is 2.20. The quantitative estimate of drug-likeness (QED) is 0.918. The SMILES string of the molecule is CCc1cc(CN2CC(C)(C)NCC2(C)C)n(CC)n1. The van der Waals surface area contributed by atoms with E-state index >= 15 is 0 Å². The Kier molecular flexibility index (Phi) is 4.26. The number of nitrogens with zero attached hydrogens (tertiary/aromatic N) is 3. The molecule has 0 radical (unpaired) electrons. The van der Waals surface area contributed by atoms with E-state index < -0.39 is 0 Å². The van der Waals surface area contributed by atoms with Crippen LogP contribution in [-0.2, 0) is 19.5 Å². The van der Waals surface area contributed by atoms with Crippen LogP contribution in [0.15, 0.2) is 6.07 Å². The van der Waals surface area contributed by atoms with Crippen molar-refractivity contribution in [3.05, 3.63) is 17.5 Å². The third-order valence-corrected chi connectivity index (χ3v) is 4.37. The van der Waals surface area contributed by atoms with Crippen molar-refractivity contribution in [1.82, 2.24) is 20.0 Å². The molecule has 1 aliphatic heterocycles. The molecule has 0 saturated carbocycles. The lowest BCUT2D eigenvalue weighted by Gasteiger charge is -2.49. The van der Waals surface area contributed by atoms with E-state index in [1.165, 1.54) is 11.4 Å². The smallest absolute Gasteiger partial charge is 0.0625 e. The van der Waals surface area contributed by atoms with Gasteiger partial charge in [-0.2, -0.15) is 5.10 Å². The topological polar surface area (TPSA) is 33.1 Å². The zero-order valence-electron chi connectivity index (χ0n) is 14.0. The fraction of sp³-hybridized carbons (Fsp3) is 0.812. The highest BCUT2D eigenvalue weighted by molar-refractivity contribution is 5.12. The first kappa shape index (κ1) is 15.5. The van der Waals surface area contributed by atoms with E-state index in [-0.39, 0.29) is 11.1 Å². The van der Waals surface area contributed by atoms with Gasteiger partial charge in [0, 0.05) is 37.3 Å². The van der Waals surface area contributed by atoms with Gasteiger partial charge in [0.05, 0.1) is 11.4 Å². The molecule has 1 aromatic rings. The van der Waals surface area contributed by atoms with Crippen LogP contribution in [-0.4, -0.2) is 38.8 Å². The van der Waals surface area contributed by atoms with Crippen LogP contribution in [0.3, 0.4) is 0 Å². The molecule has 0 aromatic carbocycles. The summed E-state index contributed by atoms with van der Waals surface area (Å²) >= 11 is 0. The summed E-state index contributed by atoms with van der Waals surface area (Å²) in [6, 6.07) is 2.27. The zero-order valence-corrected chi connectivity index (χ0v) is 14.0. The zero-order chi connectivity index (χ0) is 15.0. The first-order valence-electron chi connectivity index (χ1n) is 7.83. The molecule has 4 nitrogen and oxygen atoms in total. The van der Waals surface area contributed by atoms with E-state index in [4.69, 9.17) is 0 Å². The van der Waals surface area contributed by atoms with Crippen molar-refractivity contribution in [2.24, 2.45) is 0 Å². The molecule has 0 aliphatic carbocycles. The largest absolute Gasteiger partial charge is 0.309 e. The number of aryl methyl sites for hydroxylation is 2. The van der Waals surface area contributed by atoms with Crippen molar-refractivity contribution in [2.75, 3.05) is 13.1 Å². The summed E-state index contributed by atoms with van der Waals surface area (Å²) in [5.74, 6) is 0. The molecule has 114 valence electrons. The Bertz CT molecular complexity index is 459. The summed E-state index contributed by atoms with van der Waals surface area (Å²) in [6.45, 7) is 17.6. The number of rotatable bonds is 4. The van der Waals surface area contributed by atoms with Crippen LogP contribution < -0.4 is 5.32 Å². The minimum atomic E-state index is 0.181. The first-order chi connectivity index (χ1) is 9.27. The second-order valence-electron chi connectivity index (χ2n) is 7.20. The van der Waals surface area contributed by atoms with Crippen LogP contribution in [0.25, 0.3) is 0 Å². The van der Waals surface area contributed by atoms with Crippen molar-refractivity contribution in [2.45, 2.75) is 72.1 Å². The minimum absolute atomic E-state index is 0.181. The van der Waals surface area contributed by atoms with Crippen LogP contribution in [0, 0.1) is 0 Å². The lowest BCUT2D eigenvalue weighted by atomic mass is 9.91. The van der Waals surface area contributed by atoms with Crippen LogP contribution in [0.5, 0.6) is 0 Å². The van der Waals surface area contributed by atoms with Gasteiger partial charge >= 0.3 is 0 Å². The van der Waals surface area contributed by atoms with Crippen LogP contribution >= 0.6 is 0 Å². The Labute approximate surface area is 123 Å². The average molecular weight is 278 g/mol. The molecule has 4 heteroatoms. The molecule has 0 spiro atoms. The van der Waals surface area contributed by atoms with Crippen molar-refractivity contribution >= 4 is 0 Å². The Hall–Kier alpha value is -0.870. The number of piperazine rings is 1. The normalized spacial score (nSPS) is 22.1. The van der Waals surface area contributed by atoms with Crippen LogP contribution in [0.2, 0.25) is 0 Å². The fourth-order valence-corrected chi connectivity index (χ4v) is 2.87. The highest BCUT2D eigenvalue weighted by Crippen LogP contribution is 2.25. The summed E-state index contributed by atoms with van der Waals surface area (Å²) in [5, 5.41) is 8.32. The number of aromatic nitrogens is 2. The predicted octanol–water partition coefficient (Wildman–Crippen LogP) is 2.43. The van der Waals surface area contributed by atoms with E-state index in [0.717, 1.165) is 32.6 Å². The first-order valence-corrected chi connectivity index (χ1v) is 7.83. The summed E-state index contributed by atoms with van der Waals surface area (Å²) in [4.78, 5) is 2.59. The molecule has 1 fully saturated rings. The van der Waals surface area contributed by atoms with Gasteiger partial charge in [-0.05, 0) is 47.1 Å². The maximum absolute atomic E-state index is 4.67. The van der Waals surface area contributed by atoms with Crippen LogP contribution in [0.1, 0.15) is 52.9 Å². The maximum atomic E-state index is 4.67. The third kappa shape index (κ3) is 3.23. The highest BCUT2D eigenvalue weighted by Gasteiger charge is 2.37. The molecule has 1 N–H and O–H groups in total. The van der Waals surface area contributed by atoms with Gasteiger partial charge in [-0.15, -0.1) is 0 Å². The van der Waals surface area contributed by atoms with Crippen LogP contribution in [0.4, 0.5) is 0 Å². The van der Waals surface area contributed by atoms with Crippen molar-refractivity contribution in [3.8, 4) is 0 Å². The monoisotopic (exact) mass is 278 g/mol. The molecule has 0 amide bonds. The van der Waals surface area contributed by atoms with Gasteiger partial charge in [-0.1, -0.05) is 6.92 Å². The van der Waals surface area contributed by atoms with Gasteiger partial charge in [0.25, 0.3) is 0 Å². The highest BCUT2D eigenvalue weighted by atomic mass is 15.3. The number of hydrogen-bond acceptors (Lipinski definition) is 3. The van der Waals surface area contributed by atoms with E-state index in [2.05, 4.69) is 67.6 Å². The van der Waals surface area contributed by atoms with Gasteiger partial charge in [0.2, 0.25) is 0 Å². The van der Waals surface area contributed by atoms with Crippen molar-refractivity contribution < 1.29 is 0 Å². The molecular weight excluding hydrogens is 248 g/mol. The second kappa shape index (κ2) is 5.49. The third-order valence-electron chi connectivity index (χ3n) is 4.37. The Morgan fingerprint density at radius 1 is 1.25 bits per heavy atom. The molecule has 1 aliphatic rings. The molecule has 0 unspecified atom stereocenters. The van der Waals surface area contributed by atoms with Gasteiger partial charge in [-0.3, -0.25) is 9.58 Å². The Morgan fingerprint density at radius 3 is 2.55 bits per heavy atom. The average Bonchev–Trinajstić information content (AvgIpc) is 2.77. The van der Waals surface area contributed by atoms with E-state index in [1.54, 1.807) is 0 Å². The fourth-order valence-electron chi connectivity index (χ4n) is 2.87. The summed E-state index contributed by atoms with van der Waals surface area (Å²) in [7, 11) is 0. The molecule has 1 aromatic heterocycles. The standard InChI is InChI=1S/C16H30N4/c1-7-13-9-14(20(8-2)18-13)10-19-12-15(3,4)17-11-16(19,5)6/h9,17H,7-8,10-12H2,1-6H3. The maximum Gasteiger partial charge on any atom is 0.0625 e. The Morgan fingerprint density at radius 2 is 1.95 bits per heavy atom. The van der Waals surface area contributed by atoms with E-state index in [1.807, 2.05) is 0 Å². The summed E-state index contributed by atoms with van der Waals surface area (Å²) in [5.41, 5.74) is 2.91. The van der Waals surface area contributed by atoms with Gasteiger partial charge in [0.1, 0.15) is 0 Å². The molecule has 20 heavy (non-hydrogen) atoms. The summed E-state index contributed by atoms with van der Waals surface area (Å²) < 4.78 is 2.16. The molecule has 1 saturated heterocycles. The van der Waals surface area contributed by atoms with Gasteiger partial charge in [0.15, 0.2) is 0 Å². The van der Waals surface area contributed by atoms with Gasteiger partial charge in [-0.25, -0.2) is 0 Å². The lowest BCUT2D eigenvalue weighted by Crippen LogP contribution is -2.65. The van der Waals surface area contributed by atoms with Crippen molar-refractivity contribution in [1.29, 1.82) is 0 Å². The predicted molar refractivity (Wildman–Crippen MR) is 83.8 cm³/mol. The second-order valence-corrected chi connectivity index (χ2v) is 7.20. The molecule has 0 atom stereocenters. The minimum Gasteiger partial charge on any atom is -0.309 e. The number of nitrogens with one attached hydrogen (secondary N) is 1. The van der Waals surface area contributed by atoms with Gasteiger partial charge < -0.3 is 5.32 Å². The molecule has 2 heterocycles. The number of hydrogen-bond donors (Lipinski definition) is 1. The van der Waals surface area contributed by atoms with E-state index in [0.29, 0.717) is 0 Å². The lowest BCUT2D eigenvalue weighted by molar-refractivity contribution is 0.0303. The van der Waals surface area contributed by atoms with Crippen molar-refractivity contribution in [3.63, 3.8) is 0 Å². The summed E-state index contributed by atoms with van der Waals surface area (Å²) in [6.07, 6.45) is 1.01. The molecule has 2 rings (SSSR count). The molecular formula is C16H30N4. The molecule has 0 bridgehead atoms.